The molecule has 0 unspecified atom stereocenters. The van der Waals surface area contributed by atoms with Crippen LogP contribution in [0, 0.1) is 0 Å². The predicted molar refractivity (Wildman–Crippen MR) is 95.4 cm³/mol. The fraction of sp³-hybridized carbons (Fsp3) is 0.211. The molecule has 0 bridgehead atoms. The van der Waals surface area contributed by atoms with Crippen molar-refractivity contribution < 1.29 is 0 Å². The second-order valence-corrected chi connectivity index (χ2v) is 5.85. The first-order valence-electron chi connectivity index (χ1n) is 8.22. The molecule has 0 aliphatic carbocycles. The minimum absolute atomic E-state index is 0.786. The van der Waals surface area contributed by atoms with Crippen molar-refractivity contribution >= 4 is 5.82 Å². The maximum absolute atomic E-state index is 4.85. The summed E-state index contributed by atoms with van der Waals surface area (Å²) in [4.78, 5) is 8.97. The Morgan fingerprint density at radius 1 is 1.12 bits per heavy atom. The maximum atomic E-state index is 4.85. The van der Waals surface area contributed by atoms with Crippen molar-refractivity contribution in [1.29, 1.82) is 0 Å². The third-order valence-corrected chi connectivity index (χ3v) is 4.30. The van der Waals surface area contributed by atoms with Crippen LogP contribution < -0.4 is 5.32 Å². The summed E-state index contributed by atoms with van der Waals surface area (Å²) < 4.78 is 2.14. The lowest BCUT2D eigenvalue weighted by atomic mass is 9.98. The van der Waals surface area contributed by atoms with Gasteiger partial charge < -0.3 is 5.32 Å². The van der Waals surface area contributed by atoms with Crippen molar-refractivity contribution in [2.24, 2.45) is 0 Å². The van der Waals surface area contributed by atoms with Crippen LogP contribution >= 0.6 is 0 Å². The van der Waals surface area contributed by atoms with Gasteiger partial charge in [-0.2, -0.15) is 5.10 Å². The van der Waals surface area contributed by atoms with Crippen molar-refractivity contribution in [3.63, 3.8) is 0 Å². The first-order chi connectivity index (χ1) is 11.9. The average molecular weight is 317 g/mol. The summed E-state index contributed by atoms with van der Waals surface area (Å²) in [6.07, 6.45) is 8.75. The Kier molecular flexibility index (Phi) is 3.83. The Bertz CT molecular complexity index is 849. The number of aromatic nitrogens is 4. The minimum Gasteiger partial charge on any atom is -0.347 e. The van der Waals surface area contributed by atoms with Crippen LogP contribution in [0.2, 0.25) is 0 Å². The monoisotopic (exact) mass is 317 g/mol. The summed E-state index contributed by atoms with van der Waals surface area (Å²) in [5.74, 6) is 0.786. The van der Waals surface area contributed by atoms with Crippen molar-refractivity contribution in [2.45, 2.75) is 25.8 Å². The molecule has 1 N–H and O–H groups in total. The fourth-order valence-corrected chi connectivity index (χ4v) is 3.21. The van der Waals surface area contributed by atoms with Crippen LogP contribution in [0.25, 0.3) is 22.5 Å². The molecule has 0 aromatic carbocycles. The molecule has 0 atom stereocenters. The van der Waals surface area contributed by atoms with Crippen LogP contribution in [0.1, 0.15) is 18.5 Å². The van der Waals surface area contributed by atoms with Crippen LogP contribution in [0.15, 0.2) is 55.5 Å². The highest BCUT2D eigenvalue weighted by Gasteiger charge is 2.23. The molecule has 4 heterocycles. The zero-order valence-corrected chi connectivity index (χ0v) is 13.4. The van der Waals surface area contributed by atoms with E-state index in [2.05, 4.69) is 32.6 Å². The fourth-order valence-electron chi connectivity index (χ4n) is 3.21. The van der Waals surface area contributed by atoms with Gasteiger partial charge in [0.15, 0.2) is 0 Å². The zero-order valence-electron chi connectivity index (χ0n) is 13.4. The number of hydrogen-bond donors (Lipinski definition) is 1. The van der Waals surface area contributed by atoms with Crippen molar-refractivity contribution in [3.8, 4) is 22.5 Å². The number of nitrogens with zero attached hydrogens (tertiary/aromatic N) is 4. The molecule has 3 aromatic heterocycles. The zero-order chi connectivity index (χ0) is 16.4. The molecular weight excluding hydrogens is 298 g/mol. The number of rotatable bonds is 4. The Hall–Kier alpha value is -2.95. The number of aryl methyl sites for hydroxylation is 1. The van der Waals surface area contributed by atoms with E-state index in [-0.39, 0.29) is 0 Å². The van der Waals surface area contributed by atoms with E-state index in [0.717, 1.165) is 41.3 Å². The van der Waals surface area contributed by atoms with E-state index in [1.165, 1.54) is 18.5 Å². The minimum atomic E-state index is 0.786. The maximum Gasteiger partial charge on any atom is 0.129 e. The number of pyridine rings is 2. The van der Waals surface area contributed by atoms with Crippen LogP contribution in [0.4, 0.5) is 5.82 Å². The summed E-state index contributed by atoms with van der Waals surface area (Å²) in [6, 6.07) is 9.99. The third-order valence-electron chi connectivity index (χ3n) is 4.30. The van der Waals surface area contributed by atoms with E-state index in [4.69, 9.17) is 5.10 Å². The van der Waals surface area contributed by atoms with Gasteiger partial charge in [-0.3, -0.25) is 9.67 Å². The van der Waals surface area contributed by atoms with Gasteiger partial charge in [0.05, 0.1) is 5.69 Å². The van der Waals surface area contributed by atoms with Crippen molar-refractivity contribution in [3.05, 3.63) is 61.2 Å². The van der Waals surface area contributed by atoms with E-state index < -0.39 is 0 Å². The van der Waals surface area contributed by atoms with Crippen LogP contribution in [-0.4, -0.2) is 19.7 Å². The van der Waals surface area contributed by atoms with E-state index in [1.54, 1.807) is 6.20 Å². The van der Waals surface area contributed by atoms with E-state index in [9.17, 15) is 0 Å². The topological polar surface area (TPSA) is 55.6 Å². The van der Waals surface area contributed by atoms with Crippen LogP contribution in [0.5, 0.6) is 0 Å². The standard InChI is InChI=1S/C19H19N5/c1-2-20-17-10-9-14(13-22-17)18-16-8-4-6-12-24(16)23-19(18)15-7-3-5-11-21-15/h2-3,5,7,9-11,13H,1,4,6,8,12H2,(H,20,22). The second kappa shape index (κ2) is 6.28. The Labute approximate surface area is 141 Å². The lowest BCUT2D eigenvalue weighted by Crippen LogP contribution is -2.11. The molecule has 5 nitrogen and oxygen atoms in total. The van der Waals surface area contributed by atoms with E-state index >= 15 is 0 Å². The van der Waals surface area contributed by atoms with Gasteiger partial charge in [0.2, 0.25) is 0 Å². The van der Waals surface area contributed by atoms with Crippen LogP contribution in [0.3, 0.4) is 0 Å². The smallest absolute Gasteiger partial charge is 0.129 e. The van der Waals surface area contributed by atoms with Gasteiger partial charge in [0.25, 0.3) is 0 Å². The van der Waals surface area contributed by atoms with Gasteiger partial charge in [-0.15, -0.1) is 0 Å². The van der Waals surface area contributed by atoms with Crippen LogP contribution in [-0.2, 0) is 13.0 Å². The Morgan fingerprint density at radius 2 is 2.08 bits per heavy atom. The number of hydrogen-bond acceptors (Lipinski definition) is 4. The first-order valence-corrected chi connectivity index (χ1v) is 8.22. The molecule has 0 spiro atoms. The van der Waals surface area contributed by atoms with E-state index in [0.29, 0.717) is 0 Å². The third kappa shape index (κ3) is 2.58. The first kappa shape index (κ1) is 14.6. The second-order valence-electron chi connectivity index (χ2n) is 5.85. The largest absolute Gasteiger partial charge is 0.347 e. The average Bonchev–Trinajstić information content (AvgIpc) is 3.03. The molecule has 120 valence electrons. The molecule has 0 amide bonds. The number of anilines is 1. The molecule has 24 heavy (non-hydrogen) atoms. The molecule has 4 rings (SSSR count). The Morgan fingerprint density at radius 3 is 2.83 bits per heavy atom. The summed E-state index contributed by atoms with van der Waals surface area (Å²) >= 11 is 0. The summed E-state index contributed by atoms with van der Waals surface area (Å²) in [6.45, 7) is 4.64. The van der Waals surface area contributed by atoms with Gasteiger partial charge in [0.1, 0.15) is 11.5 Å². The quantitative estimate of drug-likeness (QED) is 0.793. The summed E-state index contributed by atoms with van der Waals surface area (Å²) in [5, 5.41) is 7.86. The Balaban J connectivity index is 1.86. The molecule has 3 aromatic rings. The highest BCUT2D eigenvalue weighted by Crippen LogP contribution is 2.36. The molecule has 1 aliphatic heterocycles. The molecule has 0 saturated carbocycles. The molecule has 5 heteroatoms. The van der Waals surface area contributed by atoms with Gasteiger partial charge in [-0.05, 0) is 49.7 Å². The molecule has 0 fully saturated rings. The normalized spacial score (nSPS) is 13.3. The van der Waals surface area contributed by atoms with E-state index in [1.807, 2.05) is 36.7 Å². The highest BCUT2D eigenvalue weighted by atomic mass is 15.3. The molecule has 0 radical (unpaired) electrons. The van der Waals surface area contributed by atoms with Crippen molar-refractivity contribution in [1.82, 2.24) is 19.7 Å². The van der Waals surface area contributed by atoms with Gasteiger partial charge in [0, 0.05) is 35.8 Å². The summed E-state index contributed by atoms with van der Waals surface area (Å²) in [5.41, 5.74) is 5.37. The van der Waals surface area contributed by atoms with Gasteiger partial charge >= 0.3 is 0 Å². The summed E-state index contributed by atoms with van der Waals surface area (Å²) in [7, 11) is 0. The SMILES string of the molecule is C=CNc1ccc(-c2c(-c3ccccn3)nn3c2CCCC3)cn1. The molecule has 1 aliphatic rings. The lowest BCUT2D eigenvalue weighted by molar-refractivity contribution is 0.487. The highest BCUT2D eigenvalue weighted by molar-refractivity contribution is 5.81. The predicted octanol–water partition coefficient (Wildman–Crippen LogP) is 3.90. The molecule has 0 saturated heterocycles. The van der Waals surface area contributed by atoms with Gasteiger partial charge in [-0.25, -0.2) is 4.98 Å². The molecular formula is C19H19N5. The number of fused-ring (bicyclic) bond motifs is 1. The number of nitrogens with one attached hydrogen (secondary N) is 1. The lowest BCUT2D eigenvalue weighted by Gasteiger charge is -2.14. The van der Waals surface area contributed by atoms with Gasteiger partial charge in [-0.1, -0.05) is 12.6 Å². The van der Waals surface area contributed by atoms with Crippen molar-refractivity contribution in [2.75, 3.05) is 5.32 Å².